The fourth-order valence-electron chi connectivity index (χ4n) is 1.82. The highest BCUT2D eigenvalue weighted by Gasteiger charge is 2.73. The molecule has 2 rings (SSSR count). The maximum Gasteiger partial charge on any atom is 0.460 e. The van der Waals surface area contributed by atoms with E-state index >= 15 is 0 Å². The van der Waals surface area contributed by atoms with Gasteiger partial charge < -0.3 is 5.11 Å². The first-order valence-corrected chi connectivity index (χ1v) is 5.53. The van der Waals surface area contributed by atoms with Gasteiger partial charge in [-0.1, -0.05) is 24.3 Å². The molecule has 1 nitrogen and oxygen atoms in total. The molecule has 0 amide bonds. The highest BCUT2D eigenvalue weighted by molar-refractivity contribution is 5.88. The van der Waals surface area contributed by atoms with Crippen molar-refractivity contribution >= 4 is 10.8 Å². The number of benzene rings is 2. The second-order valence-corrected chi connectivity index (χ2v) is 4.36. The molecular weight excluding hydrogens is 305 g/mol. The van der Waals surface area contributed by atoms with E-state index in [9.17, 15) is 35.8 Å². The lowest BCUT2D eigenvalue weighted by Crippen LogP contribution is -2.50. The molecule has 21 heavy (non-hydrogen) atoms. The van der Waals surface area contributed by atoms with E-state index in [-0.39, 0.29) is 16.5 Å². The summed E-state index contributed by atoms with van der Waals surface area (Å²) in [7, 11) is 0. The van der Waals surface area contributed by atoms with E-state index < -0.39 is 23.6 Å². The van der Waals surface area contributed by atoms with Gasteiger partial charge in [0.15, 0.2) is 0 Å². The van der Waals surface area contributed by atoms with Gasteiger partial charge in [0.25, 0.3) is 0 Å². The minimum absolute atomic E-state index is 0.0624. The van der Waals surface area contributed by atoms with Crippen molar-refractivity contribution in [3.63, 3.8) is 0 Å². The Bertz CT molecular complexity index is 676. The maximum atomic E-state index is 13.5. The van der Waals surface area contributed by atoms with Crippen LogP contribution in [0.4, 0.5) is 30.7 Å². The molecule has 2 aromatic carbocycles. The van der Waals surface area contributed by atoms with Crippen LogP contribution in [0.15, 0.2) is 36.4 Å². The number of aromatic hydroxyl groups is 1. The molecule has 0 saturated carbocycles. The fraction of sp³-hybridized carbons (Fsp3) is 0.231. The lowest BCUT2D eigenvalue weighted by atomic mass is 9.98. The van der Waals surface area contributed by atoms with Crippen LogP contribution in [0.5, 0.6) is 5.75 Å². The molecule has 2 aromatic rings. The molecule has 8 heteroatoms. The van der Waals surface area contributed by atoms with Crippen LogP contribution in [0.3, 0.4) is 0 Å². The molecular formula is C13H7F7O. The second kappa shape index (κ2) is 4.51. The second-order valence-electron chi connectivity index (χ2n) is 4.36. The first-order valence-electron chi connectivity index (χ1n) is 5.53. The molecule has 0 bridgehead atoms. The first kappa shape index (κ1) is 15.4. The summed E-state index contributed by atoms with van der Waals surface area (Å²) in [6.45, 7) is 0. The van der Waals surface area contributed by atoms with Gasteiger partial charge in [-0.15, -0.1) is 0 Å². The highest BCUT2D eigenvalue weighted by atomic mass is 19.4. The van der Waals surface area contributed by atoms with Crippen molar-refractivity contribution in [1.29, 1.82) is 0 Å². The molecule has 0 aromatic heterocycles. The molecule has 0 aliphatic heterocycles. The van der Waals surface area contributed by atoms with E-state index in [2.05, 4.69) is 0 Å². The van der Waals surface area contributed by atoms with Gasteiger partial charge in [0.05, 0.1) is 0 Å². The van der Waals surface area contributed by atoms with E-state index in [0.717, 1.165) is 6.07 Å². The number of alkyl halides is 7. The van der Waals surface area contributed by atoms with Crippen LogP contribution < -0.4 is 0 Å². The lowest BCUT2D eigenvalue weighted by Gasteiger charge is -2.28. The normalized spacial score (nSPS) is 13.7. The molecule has 0 heterocycles. The van der Waals surface area contributed by atoms with Gasteiger partial charge >= 0.3 is 18.0 Å². The van der Waals surface area contributed by atoms with Crippen molar-refractivity contribution in [2.24, 2.45) is 0 Å². The van der Waals surface area contributed by atoms with Gasteiger partial charge in [0, 0.05) is 10.9 Å². The Hall–Kier alpha value is -1.99. The summed E-state index contributed by atoms with van der Waals surface area (Å²) >= 11 is 0. The topological polar surface area (TPSA) is 20.2 Å². The van der Waals surface area contributed by atoms with Gasteiger partial charge in [0.2, 0.25) is 0 Å². The van der Waals surface area contributed by atoms with E-state index in [1.165, 1.54) is 18.2 Å². The van der Waals surface area contributed by atoms with Gasteiger partial charge in [-0.3, -0.25) is 0 Å². The number of rotatable bonds is 2. The van der Waals surface area contributed by atoms with Crippen molar-refractivity contribution in [2.45, 2.75) is 18.0 Å². The quantitative estimate of drug-likeness (QED) is 0.787. The summed E-state index contributed by atoms with van der Waals surface area (Å²) in [5.74, 6) is -11.9. The summed E-state index contributed by atoms with van der Waals surface area (Å²) in [5.41, 5.74) is -1.48. The van der Waals surface area contributed by atoms with Crippen molar-refractivity contribution < 1.29 is 35.8 Å². The number of phenolic OH excluding ortho intramolecular Hbond substituents is 1. The Kier molecular flexibility index (Phi) is 3.30. The molecule has 0 aliphatic rings. The number of hydrogen-bond donors (Lipinski definition) is 1. The van der Waals surface area contributed by atoms with Gasteiger partial charge in [-0.2, -0.15) is 30.7 Å². The minimum Gasteiger partial charge on any atom is -0.507 e. The molecule has 0 spiro atoms. The molecule has 0 fully saturated rings. The minimum atomic E-state index is -6.38. The van der Waals surface area contributed by atoms with Crippen LogP contribution in [-0.2, 0) is 5.92 Å². The van der Waals surface area contributed by atoms with Crippen molar-refractivity contribution in [3.8, 4) is 5.75 Å². The van der Waals surface area contributed by atoms with Crippen LogP contribution in [0.25, 0.3) is 10.8 Å². The fourth-order valence-corrected chi connectivity index (χ4v) is 1.82. The molecule has 0 aliphatic carbocycles. The van der Waals surface area contributed by atoms with Gasteiger partial charge in [-0.25, -0.2) is 0 Å². The zero-order valence-corrected chi connectivity index (χ0v) is 10.1. The third-order valence-electron chi connectivity index (χ3n) is 2.97. The Morgan fingerprint density at radius 2 is 1.43 bits per heavy atom. The monoisotopic (exact) mass is 312 g/mol. The van der Waals surface area contributed by atoms with E-state index in [4.69, 9.17) is 0 Å². The zero-order valence-electron chi connectivity index (χ0n) is 10.1. The molecule has 0 radical (unpaired) electrons. The summed E-state index contributed by atoms with van der Waals surface area (Å²) in [5, 5.41) is 9.42. The predicted octanol–water partition coefficient (Wildman–Crippen LogP) is 4.83. The Balaban J connectivity index is 2.60. The van der Waals surface area contributed by atoms with E-state index in [1.54, 1.807) is 0 Å². The maximum absolute atomic E-state index is 13.5. The van der Waals surface area contributed by atoms with Crippen LogP contribution >= 0.6 is 0 Å². The molecule has 1 N–H and O–H groups in total. The standard InChI is InChI=1S/C13H7F7O/c14-11(15,12(16,17)13(18,19)20)8-4-5-9-7(6-8)2-1-3-10(9)21/h1-6,21H. The molecule has 0 atom stereocenters. The summed E-state index contributed by atoms with van der Waals surface area (Å²) in [6, 6.07) is 5.48. The van der Waals surface area contributed by atoms with Crippen molar-refractivity contribution in [2.75, 3.05) is 0 Å². The smallest absolute Gasteiger partial charge is 0.460 e. The molecule has 0 saturated heterocycles. The Morgan fingerprint density at radius 3 is 2.00 bits per heavy atom. The van der Waals surface area contributed by atoms with Gasteiger partial charge in [-0.05, 0) is 17.5 Å². The third kappa shape index (κ3) is 2.28. The molecule has 0 unspecified atom stereocenters. The number of phenols is 1. The zero-order chi connectivity index (χ0) is 16.1. The van der Waals surface area contributed by atoms with Crippen LogP contribution in [0, 0.1) is 0 Å². The first-order chi connectivity index (χ1) is 9.48. The van der Waals surface area contributed by atoms with Gasteiger partial charge in [0.1, 0.15) is 5.75 Å². The van der Waals surface area contributed by atoms with Crippen LogP contribution in [0.2, 0.25) is 0 Å². The number of halogens is 7. The van der Waals surface area contributed by atoms with Crippen molar-refractivity contribution in [3.05, 3.63) is 42.0 Å². The van der Waals surface area contributed by atoms with Crippen molar-refractivity contribution in [1.82, 2.24) is 0 Å². The average molecular weight is 312 g/mol. The summed E-state index contributed by atoms with van der Waals surface area (Å²) in [4.78, 5) is 0. The lowest BCUT2D eigenvalue weighted by molar-refractivity contribution is -0.359. The highest BCUT2D eigenvalue weighted by Crippen LogP contribution is 2.52. The Labute approximate surface area is 113 Å². The van der Waals surface area contributed by atoms with E-state index in [0.29, 0.717) is 12.1 Å². The summed E-state index contributed by atoms with van der Waals surface area (Å²) in [6.07, 6.45) is -6.38. The van der Waals surface area contributed by atoms with Crippen LogP contribution in [-0.4, -0.2) is 17.2 Å². The third-order valence-corrected chi connectivity index (χ3v) is 2.97. The average Bonchev–Trinajstić information content (AvgIpc) is 2.37. The molecule has 114 valence electrons. The summed E-state index contributed by atoms with van der Waals surface area (Å²) < 4.78 is 89.3. The largest absolute Gasteiger partial charge is 0.507 e. The predicted molar refractivity (Wildman–Crippen MR) is 60.5 cm³/mol. The number of hydrogen-bond acceptors (Lipinski definition) is 1. The number of fused-ring (bicyclic) bond motifs is 1. The SMILES string of the molecule is Oc1cccc2cc(C(F)(F)C(F)(F)C(F)(F)F)ccc12. The van der Waals surface area contributed by atoms with Crippen LogP contribution in [0.1, 0.15) is 5.56 Å². The Morgan fingerprint density at radius 1 is 0.810 bits per heavy atom. The van der Waals surface area contributed by atoms with E-state index in [1.807, 2.05) is 0 Å².